The minimum atomic E-state index is -0.553. The number of piperazine rings is 1. The summed E-state index contributed by atoms with van der Waals surface area (Å²) in [4.78, 5) is 35.2. The molecule has 8 heteroatoms. The van der Waals surface area contributed by atoms with Crippen molar-refractivity contribution in [1.82, 2.24) is 15.3 Å². The van der Waals surface area contributed by atoms with Gasteiger partial charge in [0.2, 0.25) is 0 Å². The van der Waals surface area contributed by atoms with Crippen LogP contribution >= 0.6 is 0 Å². The number of benzene rings is 1. The molecule has 164 valence electrons. The number of allylic oxidation sites excluding steroid dienone is 1. The summed E-state index contributed by atoms with van der Waals surface area (Å²) in [6.07, 6.45) is 8.92. The molecule has 4 rings (SSSR count). The van der Waals surface area contributed by atoms with Crippen LogP contribution in [-0.4, -0.2) is 71.9 Å². The van der Waals surface area contributed by atoms with Gasteiger partial charge in [-0.2, -0.15) is 0 Å². The number of amides is 2. The largest absolute Gasteiger partial charge is 0.365 e. The number of amidine groups is 1. The van der Waals surface area contributed by atoms with Gasteiger partial charge in [-0.05, 0) is 37.5 Å². The quantitative estimate of drug-likeness (QED) is 0.575. The predicted molar refractivity (Wildman–Crippen MR) is 119 cm³/mol. The zero-order valence-corrected chi connectivity index (χ0v) is 18.0. The molecule has 1 aromatic carbocycles. The topological polar surface area (TPSA) is 88.5 Å². The summed E-state index contributed by atoms with van der Waals surface area (Å²) < 4.78 is 0. The van der Waals surface area contributed by atoms with Gasteiger partial charge in [0.1, 0.15) is 5.84 Å². The van der Waals surface area contributed by atoms with Crippen LogP contribution in [0.1, 0.15) is 36.0 Å². The smallest absolute Gasteiger partial charge is 0.276 e. The van der Waals surface area contributed by atoms with Gasteiger partial charge in [-0.1, -0.05) is 18.2 Å². The highest BCUT2D eigenvalue weighted by molar-refractivity contribution is 5.96. The summed E-state index contributed by atoms with van der Waals surface area (Å²) in [5.74, 6) is 0.453. The Balaban J connectivity index is 1.50. The van der Waals surface area contributed by atoms with Crippen molar-refractivity contribution in [3.8, 4) is 0 Å². The molecule has 3 heterocycles. The van der Waals surface area contributed by atoms with Crippen LogP contribution in [0.25, 0.3) is 0 Å². The van der Waals surface area contributed by atoms with Crippen LogP contribution in [0.5, 0.6) is 0 Å². The number of fused-ring (bicyclic) bond motifs is 2. The van der Waals surface area contributed by atoms with E-state index >= 15 is 0 Å². The first-order valence-electron chi connectivity index (χ1n) is 10.7. The second-order valence-corrected chi connectivity index (χ2v) is 8.46. The van der Waals surface area contributed by atoms with E-state index in [9.17, 15) is 9.59 Å². The van der Waals surface area contributed by atoms with Crippen LogP contribution in [0, 0.1) is 0 Å². The Morgan fingerprint density at radius 2 is 1.97 bits per heavy atom. The first-order chi connectivity index (χ1) is 15.0. The molecule has 2 saturated heterocycles. The van der Waals surface area contributed by atoms with Crippen LogP contribution in [0.3, 0.4) is 0 Å². The van der Waals surface area contributed by atoms with E-state index in [1.807, 2.05) is 24.3 Å². The average molecular weight is 424 g/mol. The van der Waals surface area contributed by atoms with E-state index < -0.39 is 5.91 Å². The van der Waals surface area contributed by atoms with Gasteiger partial charge in [-0.3, -0.25) is 14.8 Å². The van der Waals surface area contributed by atoms with E-state index in [-0.39, 0.29) is 5.91 Å². The van der Waals surface area contributed by atoms with E-state index in [0.29, 0.717) is 23.2 Å². The Kier molecular flexibility index (Phi) is 6.08. The van der Waals surface area contributed by atoms with E-state index in [4.69, 9.17) is 5.21 Å². The van der Waals surface area contributed by atoms with Crippen LogP contribution < -0.4 is 10.4 Å². The molecule has 0 saturated carbocycles. The van der Waals surface area contributed by atoms with Gasteiger partial charge in [-0.15, -0.1) is 0 Å². The predicted octanol–water partition coefficient (Wildman–Crippen LogP) is 2.18. The second-order valence-electron chi connectivity index (χ2n) is 8.46. The highest BCUT2D eigenvalue weighted by Gasteiger charge is 2.44. The monoisotopic (exact) mass is 423 g/mol. The summed E-state index contributed by atoms with van der Waals surface area (Å²) in [5, 5.41) is 8.94. The Bertz CT molecular complexity index is 952. The van der Waals surface area contributed by atoms with Gasteiger partial charge < -0.3 is 14.7 Å². The molecular formula is C23H29N5O3. The molecule has 0 unspecified atom stereocenters. The van der Waals surface area contributed by atoms with Crippen LogP contribution in [0.2, 0.25) is 0 Å². The molecule has 2 atom stereocenters. The number of anilines is 1. The molecular weight excluding hydrogens is 394 g/mol. The summed E-state index contributed by atoms with van der Waals surface area (Å²) in [5.41, 5.74) is 3.82. The molecule has 2 bridgehead atoms. The highest BCUT2D eigenvalue weighted by Crippen LogP contribution is 2.36. The van der Waals surface area contributed by atoms with Gasteiger partial charge in [0, 0.05) is 63.1 Å². The zero-order valence-electron chi connectivity index (χ0n) is 18.0. The maximum atomic E-state index is 12.3. The van der Waals surface area contributed by atoms with Gasteiger partial charge in [0.05, 0.1) is 5.57 Å². The van der Waals surface area contributed by atoms with E-state index in [1.165, 1.54) is 0 Å². The number of hydrogen-bond donors (Lipinski definition) is 2. The SMILES string of the molecule is CN(C)C(=O)c1cccc(N2C[C@@H]3C[C@H]2CN3C2=N/C=C(C(=O)NO)\C=C/CCC2)c1. The molecule has 2 fully saturated rings. The molecule has 1 aromatic rings. The third kappa shape index (κ3) is 4.34. The molecule has 3 aliphatic heterocycles. The minimum Gasteiger partial charge on any atom is -0.365 e. The summed E-state index contributed by atoms with van der Waals surface area (Å²) in [7, 11) is 3.53. The fraction of sp³-hybridized carbons (Fsp3) is 0.435. The highest BCUT2D eigenvalue weighted by atomic mass is 16.5. The summed E-state index contributed by atoms with van der Waals surface area (Å²) in [6.45, 7) is 1.76. The van der Waals surface area contributed by atoms with Crippen molar-refractivity contribution in [3.63, 3.8) is 0 Å². The van der Waals surface area contributed by atoms with Gasteiger partial charge in [-0.25, -0.2) is 10.5 Å². The maximum absolute atomic E-state index is 12.3. The lowest BCUT2D eigenvalue weighted by Crippen LogP contribution is -2.48. The number of carbonyl (C=O) groups is 2. The van der Waals surface area contributed by atoms with E-state index in [0.717, 1.165) is 50.3 Å². The normalized spacial score (nSPS) is 25.6. The van der Waals surface area contributed by atoms with E-state index in [1.54, 1.807) is 36.8 Å². The molecule has 31 heavy (non-hydrogen) atoms. The average Bonchev–Trinajstić information content (AvgIpc) is 3.41. The Labute approximate surface area is 182 Å². The van der Waals surface area contributed by atoms with Crippen molar-refractivity contribution in [1.29, 1.82) is 0 Å². The first-order valence-corrected chi connectivity index (χ1v) is 10.7. The minimum absolute atomic E-state index is 0.0101. The van der Waals surface area contributed by atoms with Crippen LogP contribution in [0.4, 0.5) is 5.69 Å². The van der Waals surface area contributed by atoms with Crippen molar-refractivity contribution in [3.05, 3.63) is 53.8 Å². The molecule has 0 radical (unpaired) electrons. The lowest BCUT2D eigenvalue weighted by atomic mass is 10.1. The number of hydrogen-bond acceptors (Lipinski definition) is 6. The molecule has 0 aliphatic carbocycles. The van der Waals surface area contributed by atoms with Crippen LogP contribution in [0.15, 0.2) is 53.2 Å². The molecule has 2 amide bonds. The lowest BCUT2D eigenvalue weighted by molar-refractivity contribution is -0.124. The van der Waals surface area contributed by atoms with Gasteiger partial charge >= 0.3 is 0 Å². The number of aliphatic imine (C=N–C) groups is 1. The number of rotatable bonds is 3. The first kappa shape index (κ1) is 21.1. The second kappa shape index (κ2) is 8.93. The Hall–Kier alpha value is -3.13. The molecule has 2 N–H and O–H groups in total. The van der Waals surface area contributed by atoms with Gasteiger partial charge in [0.15, 0.2) is 0 Å². The zero-order chi connectivity index (χ0) is 22.0. The molecule has 0 aromatic heterocycles. The lowest BCUT2D eigenvalue weighted by Gasteiger charge is -2.37. The fourth-order valence-corrected chi connectivity index (χ4v) is 4.63. The number of likely N-dealkylation sites (tertiary alicyclic amines) is 1. The Morgan fingerprint density at radius 3 is 2.68 bits per heavy atom. The fourth-order valence-electron chi connectivity index (χ4n) is 4.63. The van der Waals surface area contributed by atoms with Gasteiger partial charge in [0.25, 0.3) is 11.8 Å². The number of nitrogens with one attached hydrogen (secondary N) is 1. The maximum Gasteiger partial charge on any atom is 0.276 e. The summed E-state index contributed by atoms with van der Waals surface area (Å²) >= 11 is 0. The third-order valence-electron chi connectivity index (χ3n) is 6.19. The van der Waals surface area contributed by atoms with Crippen molar-refractivity contribution < 1.29 is 14.8 Å². The summed E-state index contributed by atoms with van der Waals surface area (Å²) in [6, 6.07) is 8.59. The van der Waals surface area contributed by atoms with E-state index in [2.05, 4.69) is 20.9 Å². The number of nitrogens with zero attached hydrogens (tertiary/aromatic N) is 4. The standard InChI is InChI=1S/C23H29N5O3/c1-26(2)23(30)16-8-6-9-18(11-16)27-14-20-12-19(27)15-28(20)21-10-5-3-4-7-17(13-24-21)22(29)25-31/h4,6-9,11,13,19-20,31H,3,5,10,12,14-15H2,1-2H3,(H,25,29)/b7-4-,17-13+,24-21?/t19-,20-/m0/s1. The molecule has 8 nitrogen and oxygen atoms in total. The van der Waals surface area contributed by atoms with Crippen molar-refractivity contribution in [2.75, 3.05) is 32.1 Å². The molecule has 0 spiro atoms. The molecule has 3 aliphatic rings. The number of carbonyl (C=O) groups excluding carboxylic acids is 2. The van der Waals surface area contributed by atoms with Crippen molar-refractivity contribution in [2.24, 2.45) is 4.99 Å². The van der Waals surface area contributed by atoms with Crippen molar-refractivity contribution in [2.45, 2.75) is 37.8 Å². The Morgan fingerprint density at radius 1 is 1.19 bits per heavy atom. The van der Waals surface area contributed by atoms with Crippen molar-refractivity contribution >= 4 is 23.3 Å². The third-order valence-corrected chi connectivity index (χ3v) is 6.19. The van der Waals surface area contributed by atoms with Crippen LogP contribution in [-0.2, 0) is 4.79 Å². The number of hydroxylamine groups is 1.